The maximum absolute atomic E-state index is 5.14. The molecule has 5 nitrogen and oxygen atoms in total. The summed E-state index contributed by atoms with van der Waals surface area (Å²) in [5.74, 6) is 1.49. The minimum absolute atomic E-state index is 0.613. The zero-order chi connectivity index (χ0) is 11.5. The van der Waals surface area contributed by atoms with Crippen molar-refractivity contribution in [2.45, 2.75) is 25.3 Å². The van der Waals surface area contributed by atoms with Gasteiger partial charge >= 0.3 is 0 Å². The van der Waals surface area contributed by atoms with E-state index in [1.54, 1.807) is 6.20 Å². The molecule has 0 aromatic carbocycles. The molecule has 0 bridgehead atoms. The number of nitrogens with zero attached hydrogens (tertiary/aromatic N) is 3. The molecule has 1 aliphatic heterocycles. The third kappa shape index (κ3) is 2.24. The van der Waals surface area contributed by atoms with Crippen molar-refractivity contribution in [2.24, 2.45) is 0 Å². The Balaban J connectivity index is 1.78. The maximum atomic E-state index is 5.14. The van der Waals surface area contributed by atoms with Crippen LogP contribution in [0.3, 0.4) is 0 Å². The van der Waals surface area contributed by atoms with Crippen molar-refractivity contribution in [3.8, 4) is 0 Å². The summed E-state index contributed by atoms with van der Waals surface area (Å²) in [4.78, 5) is 4.26. The summed E-state index contributed by atoms with van der Waals surface area (Å²) >= 11 is 0. The van der Waals surface area contributed by atoms with Crippen molar-refractivity contribution in [3.05, 3.63) is 36.2 Å². The zero-order valence-corrected chi connectivity index (χ0v) is 9.67. The van der Waals surface area contributed by atoms with Crippen LogP contribution in [0.5, 0.6) is 0 Å². The summed E-state index contributed by atoms with van der Waals surface area (Å²) in [7, 11) is 0. The molecule has 0 aliphatic carbocycles. The van der Waals surface area contributed by atoms with E-state index >= 15 is 0 Å². The molecule has 1 saturated heterocycles. The van der Waals surface area contributed by atoms with Gasteiger partial charge in [-0.25, -0.2) is 4.98 Å². The molecule has 0 saturated carbocycles. The first-order valence-electron chi connectivity index (χ1n) is 6.04. The molecule has 0 spiro atoms. The van der Waals surface area contributed by atoms with Crippen LogP contribution in [0, 0.1) is 0 Å². The van der Waals surface area contributed by atoms with Crippen LogP contribution in [0.4, 0.5) is 0 Å². The van der Waals surface area contributed by atoms with E-state index in [-0.39, 0.29) is 0 Å². The van der Waals surface area contributed by atoms with Gasteiger partial charge in [0.05, 0.1) is 19.1 Å². The quantitative estimate of drug-likeness (QED) is 0.868. The van der Waals surface area contributed by atoms with Gasteiger partial charge in [-0.3, -0.25) is 0 Å². The highest BCUT2D eigenvalue weighted by Crippen LogP contribution is 2.25. The van der Waals surface area contributed by atoms with E-state index in [1.165, 1.54) is 18.5 Å². The number of hydrogen-bond donors (Lipinski definition) is 1. The molecule has 90 valence electrons. The average Bonchev–Trinajstić information content (AvgIpc) is 3.02. The third-order valence-corrected chi connectivity index (χ3v) is 3.32. The summed E-state index contributed by atoms with van der Waals surface area (Å²) in [5.41, 5.74) is 1.31. The molecule has 2 aromatic rings. The molecule has 1 N–H and O–H groups in total. The number of piperidine rings is 1. The minimum atomic E-state index is 0.613. The van der Waals surface area contributed by atoms with Crippen LogP contribution in [-0.2, 0) is 6.54 Å². The van der Waals surface area contributed by atoms with Crippen LogP contribution >= 0.6 is 0 Å². The zero-order valence-electron chi connectivity index (χ0n) is 9.67. The second-order valence-corrected chi connectivity index (χ2v) is 4.45. The van der Waals surface area contributed by atoms with E-state index in [4.69, 9.17) is 4.52 Å². The molecule has 5 heteroatoms. The number of hydrogen-bond acceptors (Lipinski definition) is 4. The van der Waals surface area contributed by atoms with Crippen LogP contribution < -0.4 is 5.32 Å². The predicted octanol–water partition coefficient (Wildman–Crippen LogP) is 1.39. The van der Waals surface area contributed by atoms with E-state index in [2.05, 4.69) is 20.0 Å². The maximum Gasteiger partial charge on any atom is 0.156 e. The topological polar surface area (TPSA) is 55.9 Å². The van der Waals surface area contributed by atoms with Gasteiger partial charge in [-0.05, 0) is 25.9 Å². The Morgan fingerprint density at radius 2 is 2.29 bits per heavy atom. The predicted molar refractivity (Wildman–Crippen MR) is 62.7 cm³/mol. The molecule has 1 aliphatic rings. The van der Waals surface area contributed by atoms with Crippen molar-refractivity contribution >= 4 is 0 Å². The monoisotopic (exact) mass is 232 g/mol. The highest BCUT2D eigenvalue weighted by Gasteiger charge is 2.19. The average molecular weight is 232 g/mol. The van der Waals surface area contributed by atoms with Crippen molar-refractivity contribution in [1.82, 2.24) is 20.0 Å². The summed E-state index contributed by atoms with van der Waals surface area (Å²) in [5, 5.41) is 7.11. The lowest BCUT2D eigenvalue weighted by Crippen LogP contribution is -2.27. The van der Waals surface area contributed by atoms with Crippen molar-refractivity contribution in [2.75, 3.05) is 13.1 Å². The number of rotatable bonds is 3. The van der Waals surface area contributed by atoms with E-state index in [0.717, 1.165) is 25.4 Å². The molecular formula is C12H16N4O. The molecule has 2 aromatic heterocycles. The van der Waals surface area contributed by atoms with E-state index < -0.39 is 0 Å². The molecule has 0 atom stereocenters. The molecule has 0 unspecified atom stereocenters. The Labute approximate surface area is 99.8 Å². The van der Waals surface area contributed by atoms with Gasteiger partial charge in [-0.2, -0.15) is 0 Å². The van der Waals surface area contributed by atoms with Crippen LogP contribution in [0.15, 0.2) is 29.3 Å². The Morgan fingerprint density at radius 1 is 1.41 bits per heavy atom. The SMILES string of the molecule is c1cc(Cn2cncc2C2CCNCC2)on1. The molecule has 0 radical (unpaired) electrons. The standard InChI is InChI=1S/C12H16N4O/c1-4-13-5-2-10(1)12-7-14-9-16(12)8-11-3-6-15-17-11/h3,6-7,9-10,13H,1-2,4-5,8H2. The summed E-state index contributed by atoms with van der Waals surface area (Å²) < 4.78 is 7.30. The van der Waals surface area contributed by atoms with Gasteiger partial charge in [0.1, 0.15) is 0 Å². The van der Waals surface area contributed by atoms with E-state index in [1.807, 2.05) is 18.6 Å². The Morgan fingerprint density at radius 3 is 3.06 bits per heavy atom. The van der Waals surface area contributed by atoms with Crippen molar-refractivity contribution in [1.29, 1.82) is 0 Å². The first-order valence-corrected chi connectivity index (χ1v) is 6.04. The van der Waals surface area contributed by atoms with Gasteiger partial charge < -0.3 is 14.4 Å². The van der Waals surface area contributed by atoms with Crippen LogP contribution in [0.2, 0.25) is 0 Å². The van der Waals surface area contributed by atoms with Gasteiger partial charge in [-0.15, -0.1) is 0 Å². The second kappa shape index (κ2) is 4.71. The van der Waals surface area contributed by atoms with Gasteiger partial charge in [0, 0.05) is 23.9 Å². The third-order valence-electron chi connectivity index (χ3n) is 3.32. The lowest BCUT2D eigenvalue weighted by Gasteiger charge is -2.23. The molecule has 1 fully saturated rings. The molecule has 3 heterocycles. The highest BCUT2D eigenvalue weighted by molar-refractivity contribution is 5.10. The Kier molecular flexibility index (Phi) is 2.92. The fourth-order valence-electron chi connectivity index (χ4n) is 2.41. The summed E-state index contributed by atoms with van der Waals surface area (Å²) in [6, 6.07) is 1.90. The first-order chi connectivity index (χ1) is 8.43. The number of aromatic nitrogens is 3. The van der Waals surface area contributed by atoms with Gasteiger partial charge in [0.15, 0.2) is 5.76 Å². The normalized spacial score (nSPS) is 17.4. The van der Waals surface area contributed by atoms with E-state index in [0.29, 0.717) is 5.92 Å². The highest BCUT2D eigenvalue weighted by atomic mass is 16.5. The Hall–Kier alpha value is -1.62. The summed E-state index contributed by atoms with van der Waals surface area (Å²) in [6.07, 6.45) is 7.90. The van der Waals surface area contributed by atoms with Crippen LogP contribution in [-0.4, -0.2) is 27.8 Å². The number of imidazole rings is 1. The first kappa shape index (κ1) is 10.5. The minimum Gasteiger partial charge on any atom is -0.359 e. The van der Waals surface area contributed by atoms with Crippen molar-refractivity contribution in [3.63, 3.8) is 0 Å². The molecule has 0 amide bonds. The summed E-state index contributed by atoms with van der Waals surface area (Å²) in [6.45, 7) is 2.91. The molecule has 17 heavy (non-hydrogen) atoms. The smallest absolute Gasteiger partial charge is 0.156 e. The second-order valence-electron chi connectivity index (χ2n) is 4.45. The van der Waals surface area contributed by atoms with Crippen molar-refractivity contribution < 1.29 is 4.52 Å². The number of nitrogens with one attached hydrogen (secondary N) is 1. The van der Waals surface area contributed by atoms with Crippen LogP contribution in [0.1, 0.15) is 30.2 Å². The molecule has 3 rings (SSSR count). The van der Waals surface area contributed by atoms with Gasteiger partial charge in [0.2, 0.25) is 0 Å². The lowest BCUT2D eigenvalue weighted by atomic mass is 9.95. The lowest BCUT2D eigenvalue weighted by molar-refractivity contribution is 0.370. The van der Waals surface area contributed by atoms with Gasteiger partial charge in [-0.1, -0.05) is 5.16 Å². The fraction of sp³-hybridized carbons (Fsp3) is 0.500. The van der Waals surface area contributed by atoms with Gasteiger partial charge in [0.25, 0.3) is 0 Å². The molecular weight excluding hydrogens is 216 g/mol. The Bertz CT molecular complexity index is 457. The van der Waals surface area contributed by atoms with E-state index in [9.17, 15) is 0 Å². The fourth-order valence-corrected chi connectivity index (χ4v) is 2.41. The van der Waals surface area contributed by atoms with Crippen LogP contribution in [0.25, 0.3) is 0 Å². The largest absolute Gasteiger partial charge is 0.359 e.